The standard InChI is InChI=1S/C23H20N6O7/c1-27-11-24-18-19(27)14-9-15(25-20(14)26-21(18)28(2)22(32)33)13-5-3-4-12(8-13)10-35-23(34)36-29-16(30)6-7-17(29)31/h3-5,8-9,11H,6-7,10H2,1-2H3,(H,25,26)(H,32,33). The number of benzene rings is 1. The molecule has 13 nitrogen and oxygen atoms in total. The number of nitrogens with one attached hydrogen (secondary N) is 1. The fourth-order valence-electron chi connectivity index (χ4n) is 3.99. The molecule has 0 atom stereocenters. The van der Waals surface area contributed by atoms with Crippen LogP contribution in [-0.4, -0.2) is 60.8 Å². The number of aryl methyl sites for hydroxylation is 1. The number of carbonyl (C=O) groups excluding carboxylic acids is 3. The number of amides is 3. The highest BCUT2D eigenvalue weighted by Gasteiger charge is 2.33. The number of nitrogens with zero attached hydrogens (tertiary/aromatic N) is 5. The number of aromatic nitrogens is 4. The van der Waals surface area contributed by atoms with Crippen molar-refractivity contribution in [3.8, 4) is 11.3 Å². The van der Waals surface area contributed by atoms with Crippen LogP contribution in [-0.2, 0) is 32.8 Å². The van der Waals surface area contributed by atoms with E-state index >= 15 is 0 Å². The van der Waals surface area contributed by atoms with Gasteiger partial charge in [-0.1, -0.05) is 23.3 Å². The topological polar surface area (TPSA) is 160 Å². The first kappa shape index (κ1) is 22.8. The molecule has 0 unspecified atom stereocenters. The quantitative estimate of drug-likeness (QED) is 0.315. The van der Waals surface area contributed by atoms with Crippen LogP contribution in [0, 0.1) is 0 Å². The van der Waals surface area contributed by atoms with Gasteiger partial charge in [0.25, 0.3) is 11.8 Å². The molecule has 0 radical (unpaired) electrons. The highest BCUT2D eigenvalue weighted by Crippen LogP contribution is 2.33. The summed E-state index contributed by atoms with van der Waals surface area (Å²) >= 11 is 0. The van der Waals surface area contributed by atoms with Crippen molar-refractivity contribution < 1.29 is 33.9 Å². The molecule has 2 N–H and O–H groups in total. The number of pyridine rings is 1. The zero-order chi connectivity index (χ0) is 25.6. The van der Waals surface area contributed by atoms with Gasteiger partial charge in [-0.25, -0.2) is 19.6 Å². The highest BCUT2D eigenvalue weighted by atomic mass is 16.8. The SMILES string of the molecule is CN(C(=O)O)c1nc2[nH]c(-c3cccc(COC(=O)ON4C(=O)CCC4=O)c3)cc2c2c1ncn2C. The lowest BCUT2D eigenvalue weighted by Crippen LogP contribution is -2.32. The van der Waals surface area contributed by atoms with Crippen LogP contribution in [0.25, 0.3) is 33.3 Å². The van der Waals surface area contributed by atoms with E-state index in [1.165, 1.54) is 7.05 Å². The van der Waals surface area contributed by atoms with Gasteiger partial charge < -0.3 is 19.4 Å². The monoisotopic (exact) mass is 492 g/mol. The molecule has 36 heavy (non-hydrogen) atoms. The Morgan fingerprint density at radius 2 is 1.94 bits per heavy atom. The molecule has 3 aromatic heterocycles. The first-order chi connectivity index (χ1) is 17.2. The summed E-state index contributed by atoms with van der Waals surface area (Å²) in [6.45, 7) is -0.152. The fraction of sp³-hybridized carbons (Fsp3) is 0.217. The van der Waals surface area contributed by atoms with E-state index in [-0.39, 0.29) is 25.3 Å². The van der Waals surface area contributed by atoms with E-state index in [2.05, 4.69) is 15.0 Å². The molecule has 184 valence electrons. The minimum atomic E-state index is -1.16. The Labute approximate surface area is 202 Å². The number of imide groups is 1. The summed E-state index contributed by atoms with van der Waals surface area (Å²) in [5, 5.41) is 10.6. The Kier molecular flexibility index (Phi) is 5.51. The maximum absolute atomic E-state index is 11.9. The van der Waals surface area contributed by atoms with Crippen LogP contribution in [0.15, 0.2) is 36.7 Å². The van der Waals surface area contributed by atoms with Crippen LogP contribution in [0.4, 0.5) is 15.4 Å². The average molecular weight is 492 g/mol. The van der Waals surface area contributed by atoms with E-state index in [1.54, 1.807) is 29.1 Å². The summed E-state index contributed by atoms with van der Waals surface area (Å²) in [4.78, 5) is 64.4. The number of H-pyrrole nitrogens is 1. The second-order valence-electron chi connectivity index (χ2n) is 8.19. The number of rotatable bonds is 5. The van der Waals surface area contributed by atoms with Gasteiger partial charge in [0, 0.05) is 38.0 Å². The Hall–Kier alpha value is -4.94. The van der Waals surface area contributed by atoms with Crippen LogP contribution < -0.4 is 4.90 Å². The van der Waals surface area contributed by atoms with Crippen LogP contribution in [0.5, 0.6) is 0 Å². The molecular formula is C23H20N6O7. The number of carbonyl (C=O) groups is 4. The molecule has 1 fully saturated rings. The summed E-state index contributed by atoms with van der Waals surface area (Å²) < 4.78 is 6.85. The number of hydrogen-bond acceptors (Lipinski definition) is 8. The first-order valence-electron chi connectivity index (χ1n) is 10.8. The van der Waals surface area contributed by atoms with Crippen molar-refractivity contribution in [2.75, 3.05) is 11.9 Å². The summed E-state index contributed by atoms with van der Waals surface area (Å²) in [6.07, 6.45) is -0.741. The fourth-order valence-corrected chi connectivity index (χ4v) is 3.99. The van der Waals surface area contributed by atoms with E-state index in [1.807, 2.05) is 19.2 Å². The summed E-state index contributed by atoms with van der Waals surface area (Å²) in [5.41, 5.74) is 3.75. The van der Waals surface area contributed by atoms with Crippen molar-refractivity contribution in [3.63, 3.8) is 0 Å². The molecule has 1 aromatic carbocycles. The van der Waals surface area contributed by atoms with Crippen molar-refractivity contribution in [3.05, 3.63) is 42.2 Å². The maximum Gasteiger partial charge on any atom is 0.534 e. The van der Waals surface area contributed by atoms with Crippen LogP contribution in [0.2, 0.25) is 0 Å². The van der Waals surface area contributed by atoms with Crippen molar-refractivity contribution in [1.29, 1.82) is 0 Å². The van der Waals surface area contributed by atoms with Gasteiger partial charge in [0.2, 0.25) is 0 Å². The number of aromatic amines is 1. The van der Waals surface area contributed by atoms with E-state index in [0.717, 1.165) is 21.4 Å². The molecule has 13 heteroatoms. The smallest absolute Gasteiger partial charge is 0.465 e. The summed E-state index contributed by atoms with van der Waals surface area (Å²) in [5.74, 6) is -0.979. The molecule has 4 heterocycles. The molecule has 0 aliphatic carbocycles. The molecule has 1 aliphatic heterocycles. The average Bonchev–Trinajstić information content (AvgIpc) is 3.55. The van der Waals surface area contributed by atoms with E-state index in [0.29, 0.717) is 27.5 Å². The lowest BCUT2D eigenvalue weighted by molar-refractivity contribution is -0.177. The number of fused-ring (bicyclic) bond motifs is 3. The minimum Gasteiger partial charge on any atom is -0.465 e. The Balaban J connectivity index is 1.41. The molecule has 1 saturated heterocycles. The van der Waals surface area contributed by atoms with E-state index < -0.39 is 24.1 Å². The van der Waals surface area contributed by atoms with Crippen molar-refractivity contribution in [2.45, 2.75) is 19.4 Å². The minimum absolute atomic E-state index is 0.00721. The summed E-state index contributed by atoms with van der Waals surface area (Å²) in [7, 11) is 3.21. The van der Waals surface area contributed by atoms with E-state index in [9.17, 15) is 24.3 Å². The maximum atomic E-state index is 11.9. The molecule has 0 saturated carbocycles. The van der Waals surface area contributed by atoms with E-state index in [4.69, 9.17) is 9.57 Å². The van der Waals surface area contributed by atoms with Gasteiger partial charge in [-0.3, -0.25) is 19.3 Å². The van der Waals surface area contributed by atoms with Crippen molar-refractivity contribution in [1.82, 2.24) is 24.6 Å². The second kappa shape index (κ2) is 8.69. The van der Waals surface area contributed by atoms with Crippen LogP contribution in [0.1, 0.15) is 18.4 Å². The molecule has 3 amide bonds. The van der Waals surface area contributed by atoms with Gasteiger partial charge in [0.15, 0.2) is 5.82 Å². The van der Waals surface area contributed by atoms with Gasteiger partial charge in [0.05, 0.1) is 11.8 Å². The predicted octanol–water partition coefficient (Wildman–Crippen LogP) is 2.95. The zero-order valence-corrected chi connectivity index (χ0v) is 19.2. The third-order valence-electron chi connectivity index (χ3n) is 5.79. The largest absolute Gasteiger partial charge is 0.534 e. The third kappa shape index (κ3) is 3.96. The molecule has 4 aromatic rings. The Bertz CT molecular complexity index is 1540. The van der Waals surface area contributed by atoms with Crippen molar-refractivity contribution >= 4 is 51.9 Å². The lowest BCUT2D eigenvalue weighted by atomic mass is 10.1. The van der Waals surface area contributed by atoms with Crippen LogP contribution >= 0.6 is 0 Å². The zero-order valence-electron chi connectivity index (χ0n) is 19.2. The van der Waals surface area contributed by atoms with Gasteiger partial charge >= 0.3 is 12.2 Å². The second-order valence-corrected chi connectivity index (χ2v) is 8.19. The third-order valence-corrected chi connectivity index (χ3v) is 5.79. The molecular weight excluding hydrogens is 472 g/mol. The number of carboxylic acid groups (broad SMARTS) is 1. The number of ether oxygens (including phenoxy) is 1. The highest BCUT2D eigenvalue weighted by molar-refractivity contribution is 6.09. The first-order valence-corrected chi connectivity index (χ1v) is 10.8. The van der Waals surface area contributed by atoms with Gasteiger partial charge in [-0.2, -0.15) is 0 Å². The molecule has 1 aliphatic rings. The normalized spacial score (nSPS) is 13.6. The number of hydroxylamine groups is 2. The Morgan fingerprint density at radius 1 is 1.19 bits per heavy atom. The predicted molar refractivity (Wildman–Crippen MR) is 125 cm³/mol. The number of anilines is 1. The van der Waals surface area contributed by atoms with Gasteiger partial charge in [-0.05, 0) is 23.3 Å². The van der Waals surface area contributed by atoms with Crippen LogP contribution in [0.3, 0.4) is 0 Å². The molecule has 5 rings (SSSR count). The van der Waals surface area contributed by atoms with Gasteiger partial charge in [0.1, 0.15) is 17.8 Å². The molecule has 0 bridgehead atoms. The number of imidazole rings is 1. The molecule has 0 spiro atoms. The van der Waals surface area contributed by atoms with Crippen molar-refractivity contribution in [2.24, 2.45) is 7.05 Å². The number of hydrogen-bond donors (Lipinski definition) is 2. The summed E-state index contributed by atoms with van der Waals surface area (Å²) in [6, 6.07) is 9.03. The Morgan fingerprint density at radius 3 is 2.67 bits per heavy atom. The lowest BCUT2D eigenvalue weighted by Gasteiger charge is -2.12. The van der Waals surface area contributed by atoms with Gasteiger partial charge in [-0.15, -0.1) is 0 Å².